The summed E-state index contributed by atoms with van der Waals surface area (Å²) in [6.07, 6.45) is 5.85. The van der Waals surface area contributed by atoms with E-state index in [1.807, 2.05) is 20.0 Å². The van der Waals surface area contributed by atoms with Crippen LogP contribution in [0, 0.1) is 12.8 Å². The van der Waals surface area contributed by atoms with E-state index in [1.165, 1.54) is 6.20 Å². The quantitative estimate of drug-likeness (QED) is 0.498. The number of anilines is 4. The summed E-state index contributed by atoms with van der Waals surface area (Å²) in [5.41, 5.74) is 5.10. The Bertz CT molecular complexity index is 1400. The number of carbonyl (C=O) groups is 2. The third kappa shape index (κ3) is 3.79. The first kappa shape index (κ1) is 18.6. The van der Waals surface area contributed by atoms with Crippen LogP contribution >= 0.6 is 0 Å². The summed E-state index contributed by atoms with van der Waals surface area (Å²) in [5, 5.41) is 6.05. The molecule has 0 unspecified atom stereocenters. The Morgan fingerprint density at radius 2 is 2.06 bits per heavy atom. The van der Waals surface area contributed by atoms with Crippen LogP contribution in [0.15, 0.2) is 36.8 Å². The first-order valence-corrected chi connectivity index (χ1v) is 11.3. The number of hydrogen-bond donors (Lipinski definition) is 2. The number of hydrogen-bond acceptors (Lipinski definition) is 7. The zero-order chi connectivity index (χ0) is 26.5. The van der Waals surface area contributed by atoms with E-state index in [0.29, 0.717) is 11.5 Å². The van der Waals surface area contributed by atoms with Crippen molar-refractivity contribution in [3.05, 3.63) is 53.5 Å². The Labute approximate surface area is 203 Å². The lowest BCUT2D eigenvalue weighted by Crippen LogP contribution is -2.28. The van der Waals surface area contributed by atoms with Gasteiger partial charge in [0.05, 0.1) is 28.7 Å². The average molecular weight is 460 g/mol. The molecule has 4 heterocycles. The first-order valence-electron chi connectivity index (χ1n) is 12.8. The van der Waals surface area contributed by atoms with E-state index in [2.05, 4.69) is 43.5 Å². The number of nitrogens with zero attached hydrogens (tertiary/aromatic N) is 4. The van der Waals surface area contributed by atoms with Gasteiger partial charge in [-0.15, -0.1) is 0 Å². The van der Waals surface area contributed by atoms with Crippen LogP contribution in [0.25, 0.3) is 11.3 Å². The van der Waals surface area contributed by atoms with Crippen LogP contribution in [-0.2, 0) is 4.79 Å². The van der Waals surface area contributed by atoms with E-state index in [-0.39, 0.29) is 29.2 Å². The fraction of sp³-hybridized carbons (Fsp3) is 0.346. The molecule has 3 aromatic heterocycles. The lowest BCUT2D eigenvalue weighted by atomic mass is 9.91. The Hall–Kier alpha value is -3.81. The molecule has 3 aromatic rings. The van der Waals surface area contributed by atoms with Crippen molar-refractivity contribution in [3.8, 4) is 11.3 Å². The molecule has 8 heteroatoms. The molecular weight excluding hydrogens is 428 g/mol. The molecular formula is C26H28N6O2. The number of nitrogens with one attached hydrogen (secondary N) is 2. The highest BCUT2D eigenvalue weighted by Gasteiger charge is 2.32. The van der Waals surface area contributed by atoms with Crippen LogP contribution in [-0.4, -0.2) is 33.7 Å². The van der Waals surface area contributed by atoms with Gasteiger partial charge in [0.1, 0.15) is 5.82 Å². The minimum Gasteiger partial charge on any atom is -0.364 e. The molecule has 0 saturated heterocycles. The molecule has 8 nitrogen and oxygen atoms in total. The van der Waals surface area contributed by atoms with Gasteiger partial charge in [0, 0.05) is 59.3 Å². The van der Waals surface area contributed by atoms with E-state index in [0.717, 1.165) is 40.9 Å². The summed E-state index contributed by atoms with van der Waals surface area (Å²) in [7, 11) is 1.97. The molecule has 2 aliphatic rings. The van der Waals surface area contributed by atoms with Crippen LogP contribution in [0.2, 0.25) is 0 Å². The third-order valence-electron chi connectivity index (χ3n) is 6.52. The van der Waals surface area contributed by atoms with Gasteiger partial charge in [0.2, 0.25) is 5.91 Å². The standard InChI is InChI=1S/C26H28N6O2/c1-5-20(33)18-13-28-21(31-26(34)16-8-9-16)11-19(18)30-25-24-22(14(2)12-29-25)23-17(7-6-10-27-23)15(3)32(24)4/h6-7,10-13,15-16H,5,8-9H2,1-4H3,(H2,28,29,30,31,34)/t15-/m1/s1/i1D3. The summed E-state index contributed by atoms with van der Waals surface area (Å²) >= 11 is 0. The highest BCUT2D eigenvalue weighted by Crippen LogP contribution is 2.47. The Balaban J connectivity index is 1.60. The number of aromatic nitrogens is 3. The average Bonchev–Trinajstić information content (AvgIpc) is 3.68. The maximum Gasteiger partial charge on any atom is 0.228 e. The summed E-state index contributed by atoms with van der Waals surface area (Å²) in [6.45, 7) is 1.62. The molecule has 174 valence electrons. The van der Waals surface area contributed by atoms with E-state index in [9.17, 15) is 9.59 Å². The minimum absolute atomic E-state index is 0.0165. The van der Waals surface area contributed by atoms with Crippen molar-refractivity contribution >= 4 is 34.7 Å². The topological polar surface area (TPSA) is 100 Å². The number of ketones is 1. The summed E-state index contributed by atoms with van der Waals surface area (Å²) < 4.78 is 22.6. The van der Waals surface area contributed by atoms with Crippen molar-refractivity contribution in [1.29, 1.82) is 0 Å². The fourth-order valence-electron chi connectivity index (χ4n) is 4.34. The molecule has 1 saturated carbocycles. The number of Topliss-reactive ketones (excluding diaryl/α,β-unsaturated/α-hetero) is 1. The number of rotatable bonds is 6. The van der Waals surface area contributed by atoms with Gasteiger partial charge < -0.3 is 15.5 Å². The molecule has 2 N–H and O–H groups in total. The van der Waals surface area contributed by atoms with Crippen LogP contribution in [0.1, 0.15) is 64.7 Å². The largest absolute Gasteiger partial charge is 0.364 e. The Morgan fingerprint density at radius 3 is 2.82 bits per heavy atom. The van der Waals surface area contributed by atoms with Crippen LogP contribution in [0.3, 0.4) is 0 Å². The van der Waals surface area contributed by atoms with Crippen LogP contribution < -0.4 is 15.5 Å². The Morgan fingerprint density at radius 1 is 1.24 bits per heavy atom. The van der Waals surface area contributed by atoms with Gasteiger partial charge in [-0.25, -0.2) is 9.97 Å². The molecule has 0 spiro atoms. The monoisotopic (exact) mass is 459 g/mol. The third-order valence-corrected chi connectivity index (χ3v) is 6.52. The SMILES string of the molecule is [2H]C([2H])([2H])CC(=O)c1cnc(NC(=O)C2CC2)cc1Nc1ncc(C)c2c1N(C)[C@H](C)c1cccnc1-2. The lowest BCUT2D eigenvalue weighted by Gasteiger charge is -2.36. The molecule has 5 rings (SSSR count). The van der Waals surface area contributed by atoms with Gasteiger partial charge in [-0.05, 0) is 38.3 Å². The minimum atomic E-state index is -2.43. The lowest BCUT2D eigenvalue weighted by molar-refractivity contribution is -0.117. The number of fused-ring (bicyclic) bond motifs is 3. The van der Waals surface area contributed by atoms with Gasteiger partial charge in [0.15, 0.2) is 11.6 Å². The number of aryl methyl sites for hydroxylation is 1. The predicted octanol–water partition coefficient (Wildman–Crippen LogP) is 5.04. The smallest absolute Gasteiger partial charge is 0.228 e. The molecule has 0 aromatic carbocycles. The molecule has 34 heavy (non-hydrogen) atoms. The van der Waals surface area contributed by atoms with Gasteiger partial charge >= 0.3 is 0 Å². The second-order valence-corrected chi connectivity index (χ2v) is 8.85. The summed E-state index contributed by atoms with van der Waals surface area (Å²) in [5.74, 6) is 0.0369. The van der Waals surface area contributed by atoms with Crippen molar-refractivity contribution in [2.75, 3.05) is 22.6 Å². The van der Waals surface area contributed by atoms with Gasteiger partial charge in [-0.2, -0.15) is 0 Å². The number of carbonyl (C=O) groups excluding carboxylic acids is 2. The van der Waals surface area contributed by atoms with E-state index < -0.39 is 19.1 Å². The zero-order valence-electron chi connectivity index (χ0n) is 22.3. The van der Waals surface area contributed by atoms with Gasteiger partial charge in [-0.3, -0.25) is 14.6 Å². The number of amides is 1. The molecule has 1 fully saturated rings. The highest BCUT2D eigenvalue weighted by molar-refractivity contribution is 6.03. The van der Waals surface area contributed by atoms with Crippen LogP contribution in [0.5, 0.6) is 0 Å². The highest BCUT2D eigenvalue weighted by atomic mass is 16.2. The second kappa shape index (κ2) is 8.52. The maximum absolute atomic E-state index is 13.0. The Kier molecular flexibility index (Phi) is 4.66. The van der Waals surface area contributed by atoms with E-state index >= 15 is 0 Å². The molecule has 0 bridgehead atoms. The molecule has 1 amide bonds. The van der Waals surface area contributed by atoms with Crippen molar-refractivity contribution in [2.24, 2.45) is 5.92 Å². The summed E-state index contributed by atoms with van der Waals surface area (Å²) in [6, 6.07) is 5.55. The molecule has 1 aliphatic heterocycles. The van der Waals surface area contributed by atoms with Crippen molar-refractivity contribution in [2.45, 2.75) is 46.0 Å². The fourth-order valence-corrected chi connectivity index (χ4v) is 4.34. The number of pyridine rings is 3. The summed E-state index contributed by atoms with van der Waals surface area (Å²) in [4.78, 5) is 40.9. The maximum atomic E-state index is 13.0. The first-order chi connectivity index (χ1) is 17.5. The van der Waals surface area contributed by atoms with Gasteiger partial charge in [0.25, 0.3) is 0 Å². The van der Waals surface area contributed by atoms with E-state index in [1.54, 1.807) is 18.5 Å². The van der Waals surface area contributed by atoms with E-state index in [4.69, 9.17) is 4.11 Å². The molecule has 1 aliphatic carbocycles. The predicted molar refractivity (Wildman–Crippen MR) is 133 cm³/mol. The van der Waals surface area contributed by atoms with Crippen molar-refractivity contribution in [1.82, 2.24) is 15.0 Å². The van der Waals surface area contributed by atoms with Gasteiger partial charge in [-0.1, -0.05) is 12.9 Å². The van der Waals surface area contributed by atoms with Crippen molar-refractivity contribution in [3.63, 3.8) is 0 Å². The van der Waals surface area contributed by atoms with Crippen LogP contribution in [0.4, 0.5) is 23.0 Å². The normalized spacial score (nSPS) is 18.1. The molecule has 0 radical (unpaired) electrons. The molecule has 1 atom stereocenters. The van der Waals surface area contributed by atoms with Crippen molar-refractivity contribution < 1.29 is 13.7 Å². The second-order valence-electron chi connectivity index (χ2n) is 8.85. The zero-order valence-corrected chi connectivity index (χ0v) is 19.3.